The monoisotopic (exact) mass is 344 g/mol. The minimum Gasteiger partial charge on any atom is -0.460 e. The molecule has 0 bridgehead atoms. The smallest absolute Gasteiger partial charge is 0.291 e. The molecule has 7 heteroatoms. The highest BCUT2D eigenvalue weighted by Crippen LogP contribution is 2.24. The van der Waals surface area contributed by atoms with Crippen molar-refractivity contribution in [1.82, 2.24) is 19.5 Å². The first-order valence-corrected chi connectivity index (χ1v) is 8.71. The van der Waals surface area contributed by atoms with E-state index in [2.05, 4.69) is 10.4 Å². The van der Waals surface area contributed by atoms with Crippen LogP contribution in [-0.4, -0.2) is 26.1 Å². The lowest BCUT2D eigenvalue weighted by Gasteiger charge is -2.19. The molecule has 0 aromatic carbocycles. The van der Waals surface area contributed by atoms with Crippen LogP contribution in [0.25, 0.3) is 16.6 Å². The van der Waals surface area contributed by atoms with Gasteiger partial charge in [0.2, 0.25) is 5.91 Å². The fourth-order valence-electron chi connectivity index (χ4n) is 3.17. The zero-order chi connectivity index (χ0) is 18.3. The summed E-state index contributed by atoms with van der Waals surface area (Å²) < 4.78 is 8.81. The van der Waals surface area contributed by atoms with Gasteiger partial charge in [-0.05, 0) is 27.2 Å². The number of hydrogen-bond donors (Lipinski definition) is 1. The van der Waals surface area contributed by atoms with Crippen LogP contribution < -0.4 is 10.9 Å². The first-order valence-electron chi connectivity index (χ1n) is 8.71. The summed E-state index contributed by atoms with van der Waals surface area (Å²) >= 11 is 0. The first-order chi connectivity index (χ1) is 11.9. The van der Waals surface area contributed by atoms with Crippen LogP contribution >= 0.6 is 0 Å². The van der Waals surface area contributed by atoms with Gasteiger partial charge in [-0.2, -0.15) is 5.10 Å². The normalized spacial score (nSPS) is 13.0. The van der Waals surface area contributed by atoms with E-state index in [1.54, 1.807) is 6.07 Å². The summed E-state index contributed by atoms with van der Waals surface area (Å²) in [4.78, 5) is 25.5. The molecule has 1 N–H and O–H groups in total. The van der Waals surface area contributed by atoms with E-state index in [1.807, 2.05) is 45.1 Å². The second-order valence-electron chi connectivity index (χ2n) is 6.58. The molecule has 0 spiro atoms. The highest BCUT2D eigenvalue weighted by molar-refractivity contribution is 5.84. The van der Waals surface area contributed by atoms with E-state index in [0.29, 0.717) is 23.9 Å². The van der Waals surface area contributed by atoms with Gasteiger partial charge < -0.3 is 9.73 Å². The fourth-order valence-corrected chi connectivity index (χ4v) is 3.17. The summed E-state index contributed by atoms with van der Waals surface area (Å²) in [7, 11) is 0. The summed E-state index contributed by atoms with van der Waals surface area (Å²) in [6.45, 7) is 9.51. The number of furan rings is 1. The van der Waals surface area contributed by atoms with Gasteiger partial charge in [0.25, 0.3) is 5.56 Å². The zero-order valence-corrected chi connectivity index (χ0v) is 15.3. The van der Waals surface area contributed by atoms with Gasteiger partial charge in [-0.15, -0.1) is 0 Å². The standard InChI is InChI=1S/C18H24N4O3/c1-6-12(17(23)19-10(3)4)22-18(24)14-9-15-13(8-11(5)25-15)21(14)16(7-2)20-22/h8-10,12H,6-7H2,1-5H3,(H,19,23)/t12-/m1/s1. The number of fused-ring (bicyclic) bond motifs is 3. The van der Waals surface area contributed by atoms with E-state index in [-0.39, 0.29) is 17.5 Å². The second-order valence-corrected chi connectivity index (χ2v) is 6.58. The van der Waals surface area contributed by atoms with Gasteiger partial charge in [-0.25, -0.2) is 4.68 Å². The van der Waals surface area contributed by atoms with E-state index in [1.165, 1.54) is 4.68 Å². The van der Waals surface area contributed by atoms with E-state index in [9.17, 15) is 9.59 Å². The number of aryl methyl sites for hydroxylation is 2. The minimum atomic E-state index is -0.631. The van der Waals surface area contributed by atoms with Crippen LogP contribution in [0.3, 0.4) is 0 Å². The Morgan fingerprint density at radius 2 is 2.00 bits per heavy atom. The summed E-state index contributed by atoms with van der Waals surface area (Å²) in [5.74, 6) is 1.32. The topological polar surface area (TPSA) is 81.5 Å². The molecule has 0 saturated heterocycles. The SMILES string of the molecule is CCc1nn([C@H](CC)C(=O)NC(C)C)c(=O)c2cc3oc(C)cc3n12. The summed E-state index contributed by atoms with van der Waals surface area (Å²) in [5, 5.41) is 7.38. The molecule has 0 radical (unpaired) electrons. The van der Waals surface area contributed by atoms with Gasteiger partial charge in [-0.1, -0.05) is 13.8 Å². The molecule has 0 aliphatic carbocycles. The van der Waals surface area contributed by atoms with Crippen molar-refractivity contribution in [3.05, 3.63) is 34.1 Å². The van der Waals surface area contributed by atoms with Crippen molar-refractivity contribution >= 4 is 22.5 Å². The molecule has 3 aromatic heterocycles. The highest BCUT2D eigenvalue weighted by atomic mass is 16.3. The molecule has 3 rings (SSSR count). The number of aromatic nitrogens is 3. The van der Waals surface area contributed by atoms with Gasteiger partial charge in [0.1, 0.15) is 23.1 Å². The molecule has 0 aliphatic heterocycles. The Kier molecular flexibility index (Phi) is 4.41. The van der Waals surface area contributed by atoms with Crippen molar-refractivity contribution in [2.75, 3.05) is 0 Å². The van der Waals surface area contributed by atoms with Crippen molar-refractivity contribution in [3.8, 4) is 0 Å². The molecule has 1 amide bonds. The third-order valence-corrected chi connectivity index (χ3v) is 4.25. The van der Waals surface area contributed by atoms with E-state index < -0.39 is 6.04 Å². The van der Waals surface area contributed by atoms with Crippen LogP contribution in [0.5, 0.6) is 0 Å². The molecule has 0 aliphatic rings. The van der Waals surface area contributed by atoms with Crippen LogP contribution in [0.15, 0.2) is 21.3 Å². The molecule has 0 saturated carbocycles. The molecular weight excluding hydrogens is 320 g/mol. The third kappa shape index (κ3) is 2.83. The van der Waals surface area contributed by atoms with Crippen LogP contribution in [0.1, 0.15) is 51.7 Å². The van der Waals surface area contributed by atoms with Gasteiger partial charge in [0.05, 0.1) is 5.52 Å². The summed E-state index contributed by atoms with van der Waals surface area (Å²) in [6.07, 6.45) is 1.12. The molecule has 25 heavy (non-hydrogen) atoms. The van der Waals surface area contributed by atoms with Crippen molar-refractivity contribution in [2.45, 2.75) is 59.5 Å². The van der Waals surface area contributed by atoms with Crippen molar-refractivity contribution in [2.24, 2.45) is 0 Å². The lowest BCUT2D eigenvalue weighted by atomic mass is 10.2. The average molecular weight is 344 g/mol. The number of rotatable bonds is 5. The number of carbonyl (C=O) groups excluding carboxylic acids is 1. The summed E-state index contributed by atoms with van der Waals surface area (Å²) in [6, 6.07) is 3.00. The zero-order valence-electron chi connectivity index (χ0n) is 15.3. The molecule has 0 fully saturated rings. The Balaban J connectivity index is 2.24. The minimum absolute atomic E-state index is 0.00485. The maximum Gasteiger partial charge on any atom is 0.291 e. The number of nitrogens with one attached hydrogen (secondary N) is 1. The van der Waals surface area contributed by atoms with E-state index in [4.69, 9.17) is 4.42 Å². The lowest BCUT2D eigenvalue weighted by molar-refractivity contribution is -0.125. The maximum atomic E-state index is 13.0. The Bertz CT molecular complexity index is 993. The van der Waals surface area contributed by atoms with Crippen LogP contribution in [-0.2, 0) is 11.2 Å². The Hall–Kier alpha value is -2.57. The van der Waals surface area contributed by atoms with Gasteiger partial charge in [0.15, 0.2) is 5.58 Å². The fraction of sp³-hybridized carbons (Fsp3) is 0.500. The second kappa shape index (κ2) is 6.38. The van der Waals surface area contributed by atoms with Gasteiger partial charge in [-0.3, -0.25) is 14.0 Å². The van der Waals surface area contributed by atoms with E-state index >= 15 is 0 Å². The van der Waals surface area contributed by atoms with Crippen molar-refractivity contribution in [3.63, 3.8) is 0 Å². The lowest BCUT2D eigenvalue weighted by Crippen LogP contribution is -2.41. The van der Waals surface area contributed by atoms with Crippen LogP contribution in [0.2, 0.25) is 0 Å². The quantitative estimate of drug-likeness (QED) is 0.771. The first kappa shape index (κ1) is 17.3. The number of amides is 1. The largest absolute Gasteiger partial charge is 0.460 e. The van der Waals surface area contributed by atoms with Crippen molar-refractivity contribution in [1.29, 1.82) is 0 Å². The van der Waals surface area contributed by atoms with Crippen molar-refractivity contribution < 1.29 is 9.21 Å². The Labute approximate surface area is 145 Å². The third-order valence-electron chi connectivity index (χ3n) is 4.25. The summed E-state index contributed by atoms with van der Waals surface area (Å²) in [5.41, 5.74) is 1.69. The number of nitrogens with zero attached hydrogens (tertiary/aromatic N) is 3. The molecule has 7 nitrogen and oxygen atoms in total. The Morgan fingerprint density at radius 1 is 1.28 bits per heavy atom. The molecule has 0 unspecified atom stereocenters. The molecule has 3 aromatic rings. The Morgan fingerprint density at radius 3 is 2.60 bits per heavy atom. The number of hydrogen-bond acceptors (Lipinski definition) is 4. The van der Waals surface area contributed by atoms with E-state index in [0.717, 1.165) is 17.1 Å². The average Bonchev–Trinajstić information content (AvgIpc) is 3.06. The van der Waals surface area contributed by atoms with Crippen LogP contribution in [0.4, 0.5) is 0 Å². The highest BCUT2D eigenvalue weighted by Gasteiger charge is 2.24. The van der Waals surface area contributed by atoms with Gasteiger partial charge in [0, 0.05) is 24.6 Å². The molecule has 134 valence electrons. The molecule has 1 atom stereocenters. The van der Waals surface area contributed by atoms with Crippen LogP contribution in [0, 0.1) is 6.92 Å². The number of carbonyl (C=O) groups is 1. The van der Waals surface area contributed by atoms with Gasteiger partial charge >= 0.3 is 0 Å². The molecular formula is C18H24N4O3. The molecule has 3 heterocycles. The maximum absolute atomic E-state index is 13.0. The predicted octanol–water partition coefficient (Wildman–Crippen LogP) is 2.59. The predicted molar refractivity (Wildman–Crippen MR) is 95.9 cm³/mol.